The average Bonchev–Trinajstić information content (AvgIpc) is 2.88. The number of anilines is 1. The highest BCUT2D eigenvalue weighted by Gasteiger charge is 2.09. The summed E-state index contributed by atoms with van der Waals surface area (Å²) < 4.78 is 0. The summed E-state index contributed by atoms with van der Waals surface area (Å²) in [5, 5.41) is 11.7. The van der Waals surface area contributed by atoms with Crippen molar-refractivity contribution in [1.29, 1.82) is 0 Å². The van der Waals surface area contributed by atoms with Gasteiger partial charge in [-0.2, -0.15) is 0 Å². The SMILES string of the molecule is CNC(=O)c1ccc(Sc2nc3ccc(N)cc3[nH]2)nn1. The number of amides is 1. The highest BCUT2D eigenvalue weighted by Crippen LogP contribution is 2.26. The number of carbonyl (C=O) groups is 1. The molecule has 0 bridgehead atoms. The standard InChI is InChI=1S/C13H12N6OS/c1-15-12(20)9-4-5-11(19-18-9)21-13-16-8-3-2-7(14)6-10(8)17-13/h2-6H,14H2,1H3,(H,15,20)(H,16,17). The third kappa shape index (κ3) is 2.79. The quantitative estimate of drug-likeness (QED) is 0.631. The summed E-state index contributed by atoms with van der Waals surface area (Å²) in [6, 6.07) is 8.83. The number of fused-ring (bicyclic) bond motifs is 1. The lowest BCUT2D eigenvalue weighted by Crippen LogP contribution is -2.19. The fourth-order valence-electron chi connectivity index (χ4n) is 1.77. The zero-order chi connectivity index (χ0) is 14.8. The molecule has 3 rings (SSSR count). The van der Waals surface area contributed by atoms with Crippen molar-refractivity contribution in [2.24, 2.45) is 0 Å². The average molecular weight is 300 g/mol. The Morgan fingerprint density at radius 3 is 2.86 bits per heavy atom. The van der Waals surface area contributed by atoms with Gasteiger partial charge < -0.3 is 16.0 Å². The van der Waals surface area contributed by atoms with E-state index >= 15 is 0 Å². The van der Waals surface area contributed by atoms with Gasteiger partial charge in [-0.05, 0) is 42.1 Å². The molecule has 21 heavy (non-hydrogen) atoms. The molecular weight excluding hydrogens is 288 g/mol. The van der Waals surface area contributed by atoms with E-state index in [-0.39, 0.29) is 11.6 Å². The van der Waals surface area contributed by atoms with Crippen molar-refractivity contribution in [3.8, 4) is 0 Å². The number of carbonyl (C=O) groups excluding carboxylic acids is 1. The Labute approximate surface area is 124 Å². The molecule has 0 aliphatic rings. The summed E-state index contributed by atoms with van der Waals surface area (Å²) in [6.07, 6.45) is 0. The zero-order valence-electron chi connectivity index (χ0n) is 11.1. The molecule has 2 heterocycles. The van der Waals surface area contributed by atoms with Gasteiger partial charge in [0.15, 0.2) is 10.9 Å². The first kappa shape index (κ1) is 13.4. The van der Waals surface area contributed by atoms with Crippen molar-refractivity contribution in [1.82, 2.24) is 25.5 Å². The van der Waals surface area contributed by atoms with Gasteiger partial charge in [0.1, 0.15) is 5.03 Å². The highest BCUT2D eigenvalue weighted by molar-refractivity contribution is 7.99. The Morgan fingerprint density at radius 2 is 2.14 bits per heavy atom. The number of rotatable bonds is 3. The molecule has 0 saturated heterocycles. The maximum Gasteiger partial charge on any atom is 0.271 e. The van der Waals surface area contributed by atoms with Crippen LogP contribution in [-0.4, -0.2) is 33.1 Å². The van der Waals surface area contributed by atoms with E-state index in [1.807, 2.05) is 12.1 Å². The molecule has 0 unspecified atom stereocenters. The number of nitrogens with two attached hydrogens (primary N) is 1. The Hall–Kier alpha value is -2.61. The predicted octanol–water partition coefficient (Wildman–Crippen LogP) is 1.45. The van der Waals surface area contributed by atoms with Crippen LogP contribution >= 0.6 is 11.8 Å². The normalized spacial score (nSPS) is 10.7. The van der Waals surface area contributed by atoms with E-state index in [0.717, 1.165) is 11.0 Å². The van der Waals surface area contributed by atoms with Crippen LogP contribution in [0, 0.1) is 0 Å². The van der Waals surface area contributed by atoms with Gasteiger partial charge >= 0.3 is 0 Å². The van der Waals surface area contributed by atoms with Crippen LogP contribution in [-0.2, 0) is 0 Å². The van der Waals surface area contributed by atoms with Crippen LogP contribution in [0.5, 0.6) is 0 Å². The summed E-state index contributed by atoms with van der Waals surface area (Å²) in [7, 11) is 1.55. The van der Waals surface area contributed by atoms with Gasteiger partial charge in [-0.1, -0.05) is 0 Å². The maximum absolute atomic E-state index is 11.4. The molecule has 8 heteroatoms. The minimum atomic E-state index is -0.265. The van der Waals surface area contributed by atoms with Gasteiger partial charge in [-0.15, -0.1) is 10.2 Å². The van der Waals surface area contributed by atoms with Crippen molar-refractivity contribution in [2.45, 2.75) is 10.2 Å². The highest BCUT2D eigenvalue weighted by atomic mass is 32.2. The van der Waals surface area contributed by atoms with Gasteiger partial charge in [0.25, 0.3) is 5.91 Å². The lowest BCUT2D eigenvalue weighted by molar-refractivity contribution is 0.0957. The van der Waals surface area contributed by atoms with E-state index < -0.39 is 0 Å². The van der Waals surface area contributed by atoms with Crippen LogP contribution in [0.2, 0.25) is 0 Å². The summed E-state index contributed by atoms with van der Waals surface area (Å²) in [4.78, 5) is 19.0. The molecule has 0 aliphatic carbocycles. The third-order valence-electron chi connectivity index (χ3n) is 2.79. The molecule has 0 aliphatic heterocycles. The second-order valence-electron chi connectivity index (χ2n) is 4.26. The fraction of sp³-hybridized carbons (Fsp3) is 0.0769. The number of nitrogens with zero attached hydrogens (tertiary/aromatic N) is 3. The molecule has 0 spiro atoms. The van der Waals surface area contributed by atoms with E-state index in [9.17, 15) is 4.79 Å². The Balaban J connectivity index is 1.83. The molecule has 0 radical (unpaired) electrons. The van der Waals surface area contributed by atoms with Crippen molar-refractivity contribution in [3.05, 3.63) is 36.0 Å². The van der Waals surface area contributed by atoms with Gasteiger partial charge in [0.05, 0.1) is 11.0 Å². The summed E-state index contributed by atoms with van der Waals surface area (Å²) in [6.45, 7) is 0. The molecule has 1 amide bonds. The summed E-state index contributed by atoms with van der Waals surface area (Å²) in [5.41, 5.74) is 8.39. The van der Waals surface area contributed by atoms with Crippen LogP contribution < -0.4 is 11.1 Å². The summed E-state index contributed by atoms with van der Waals surface area (Å²) >= 11 is 1.33. The molecule has 1 aromatic carbocycles. The van der Waals surface area contributed by atoms with Gasteiger partial charge in [0, 0.05) is 12.7 Å². The van der Waals surface area contributed by atoms with Crippen LogP contribution in [0.1, 0.15) is 10.5 Å². The van der Waals surface area contributed by atoms with Gasteiger partial charge in [-0.3, -0.25) is 4.79 Å². The third-order valence-corrected chi connectivity index (χ3v) is 3.60. The Kier molecular flexibility index (Phi) is 3.44. The monoisotopic (exact) mass is 300 g/mol. The molecule has 3 aromatic rings. The molecular formula is C13H12N6OS. The second-order valence-corrected chi connectivity index (χ2v) is 5.27. The lowest BCUT2D eigenvalue weighted by Gasteiger charge is -1.99. The molecule has 7 nitrogen and oxygen atoms in total. The topological polar surface area (TPSA) is 110 Å². The number of hydrogen-bond donors (Lipinski definition) is 3. The second kappa shape index (κ2) is 5.41. The smallest absolute Gasteiger partial charge is 0.271 e. The van der Waals surface area contributed by atoms with E-state index in [2.05, 4.69) is 25.5 Å². The molecule has 4 N–H and O–H groups in total. The van der Waals surface area contributed by atoms with Crippen molar-refractivity contribution in [3.63, 3.8) is 0 Å². The Bertz CT molecular complexity index is 798. The first-order valence-corrected chi connectivity index (χ1v) is 6.96. The van der Waals surface area contributed by atoms with Gasteiger partial charge in [0.2, 0.25) is 0 Å². The number of aromatic nitrogens is 4. The van der Waals surface area contributed by atoms with Crippen LogP contribution in [0.15, 0.2) is 40.5 Å². The van der Waals surface area contributed by atoms with Crippen LogP contribution in [0.3, 0.4) is 0 Å². The number of hydrogen-bond acceptors (Lipinski definition) is 6. The van der Waals surface area contributed by atoms with E-state index in [1.54, 1.807) is 25.2 Å². The van der Waals surface area contributed by atoms with E-state index in [0.29, 0.717) is 15.9 Å². The van der Waals surface area contributed by atoms with Crippen LogP contribution in [0.25, 0.3) is 11.0 Å². The lowest BCUT2D eigenvalue weighted by atomic mass is 10.3. The number of nitrogens with one attached hydrogen (secondary N) is 2. The minimum absolute atomic E-state index is 0.265. The molecule has 0 atom stereocenters. The number of nitrogen functional groups attached to an aromatic ring is 1. The number of imidazole rings is 1. The van der Waals surface area contributed by atoms with E-state index in [4.69, 9.17) is 5.73 Å². The van der Waals surface area contributed by atoms with Crippen molar-refractivity contribution in [2.75, 3.05) is 12.8 Å². The first-order chi connectivity index (χ1) is 10.2. The molecule has 2 aromatic heterocycles. The molecule has 0 fully saturated rings. The summed E-state index contributed by atoms with van der Waals surface area (Å²) in [5.74, 6) is -0.265. The van der Waals surface area contributed by atoms with Crippen LogP contribution in [0.4, 0.5) is 5.69 Å². The largest absolute Gasteiger partial charge is 0.399 e. The number of H-pyrrole nitrogens is 1. The predicted molar refractivity (Wildman–Crippen MR) is 80.1 cm³/mol. The maximum atomic E-state index is 11.4. The zero-order valence-corrected chi connectivity index (χ0v) is 11.9. The number of aromatic amines is 1. The van der Waals surface area contributed by atoms with Crippen molar-refractivity contribution >= 4 is 34.4 Å². The fourth-order valence-corrected chi connectivity index (χ4v) is 2.50. The number of benzene rings is 1. The van der Waals surface area contributed by atoms with E-state index in [1.165, 1.54) is 11.8 Å². The first-order valence-electron chi connectivity index (χ1n) is 6.14. The molecule has 106 valence electrons. The molecule has 0 saturated carbocycles. The Morgan fingerprint density at radius 1 is 1.29 bits per heavy atom. The van der Waals surface area contributed by atoms with Gasteiger partial charge in [-0.25, -0.2) is 4.98 Å². The minimum Gasteiger partial charge on any atom is -0.399 e. The van der Waals surface area contributed by atoms with Crippen molar-refractivity contribution < 1.29 is 4.79 Å².